The average Bonchev–Trinajstić information content (AvgIpc) is 3.41. The Labute approximate surface area is 177 Å². The number of nitrogens with one attached hydrogen (secondary N) is 1. The number of halogens is 5. The highest BCUT2D eigenvalue weighted by Gasteiger charge is 2.48. The van der Waals surface area contributed by atoms with Crippen LogP contribution < -0.4 is 4.90 Å². The fourth-order valence-electron chi connectivity index (χ4n) is 4.01. The zero-order chi connectivity index (χ0) is 22.8. The van der Waals surface area contributed by atoms with Gasteiger partial charge in [0.1, 0.15) is 11.6 Å². The normalized spacial score (nSPS) is 18.9. The maximum absolute atomic E-state index is 15.1. The molecule has 11 heteroatoms. The summed E-state index contributed by atoms with van der Waals surface area (Å²) < 4.78 is 68.2. The Hall–Kier alpha value is -3.76. The predicted octanol–water partition coefficient (Wildman–Crippen LogP) is 4.90. The minimum atomic E-state index is -4.74. The van der Waals surface area contributed by atoms with Gasteiger partial charge in [0.25, 0.3) is 0 Å². The number of amides is 1. The summed E-state index contributed by atoms with van der Waals surface area (Å²) in [5, 5.41) is 3.19. The van der Waals surface area contributed by atoms with Crippen molar-refractivity contribution in [2.45, 2.75) is 19.3 Å². The first-order valence-electron chi connectivity index (χ1n) is 9.52. The fraction of sp³-hybridized carbons (Fsp3) is 0.190. The molecule has 0 saturated carbocycles. The van der Waals surface area contributed by atoms with E-state index >= 15 is 8.78 Å². The highest BCUT2D eigenvalue weighted by atomic mass is 19.4. The number of imidazole rings is 1. The number of benzene rings is 2. The van der Waals surface area contributed by atoms with Gasteiger partial charge in [0.2, 0.25) is 5.91 Å². The van der Waals surface area contributed by atoms with Crippen molar-refractivity contribution in [3.63, 3.8) is 0 Å². The summed E-state index contributed by atoms with van der Waals surface area (Å²) in [7, 11) is 0. The maximum atomic E-state index is 15.1. The lowest BCUT2D eigenvalue weighted by Crippen LogP contribution is -2.54. The van der Waals surface area contributed by atoms with Crippen molar-refractivity contribution in [3.05, 3.63) is 66.3 Å². The molecule has 1 saturated heterocycles. The van der Waals surface area contributed by atoms with E-state index in [1.165, 1.54) is 11.2 Å². The molecular formula is C21H14F5N5O. The molecule has 3 heterocycles. The topological polar surface area (TPSA) is 66.8 Å². The SMILES string of the molecule is C[C@@H]1C(=O)N(c2ccc3[nH]cnc3c2)[C@@H]1c1c(F)cc(-c2cnn(C(F)(F)F)c2)cc1F. The largest absolute Gasteiger partial charge is 0.504 e. The van der Waals surface area contributed by atoms with E-state index in [0.29, 0.717) is 17.4 Å². The number of anilines is 1. The number of rotatable bonds is 3. The van der Waals surface area contributed by atoms with Crippen LogP contribution in [0.4, 0.5) is 27.6 Å². The molecule has 0 bridgehead atoms. The quantitative estimate of drug-likeness (QED) is 0.359. The first kappa shape index (κ1) is 20.2. The smallest absolute Gasteiger partial charge is 0.345 e. The number of carbonyl (C=O) groups excluding carboxylic acids is 1. The second kappa shape index (κ2) is 6.87. The van der Waals surface area contributed by atoms with E-state index in [0.717, 1.165) is 23.8 Å². The molecule has 1 aliphatic rings. The Bertz CT molecular complexity index is 1340. The van der Waals surface area contributed by atoms with E-state index < -0.39 is 29.9 Å². The van der Waals surface area contributed by atoms with Crippen molar-refractivity contribution in [1.82, 2.24) is 19.7 Å². The maximum Gasteiger partial charge on any atom is 0.504 e. The molecule has 6 nitrogen and oxygen atoms in total. The van der Waals surface area contributed by atoms with E-state index in [4.69, 9.17) is 0 Å². The number of H-pyrrole nitrogens is 1. The number of β-lactam (4-membered cyclic amide) rings is 1. The van der Waals surface area contributed by atoms with E-state index in [2.05, 4.69) is 15.1 Å². The highest BCUT2D eigenvalue weighted by Crippen LogP contribution is 2.46. The Morgan fingerprint density at radius 1 is 1.06 bits per heavy atom. The Balaban J connectivity index is 1.53. The van der Waals surface area contributed by atoms with Crippen molar-refractivity contribution in [3.8, 4) is 11.1 Å². The molecular weight excluding hydrogens is 433 g/mol. The minimum Gasteiger partial charge on any atom is -0.345 e. The van der Waals surface area contributed by atoms with Crippen molar-refractivity contribution < 1.29 is 26.7 Å². The Morgan fingerprint density at radius 3 is 2.44 bits per heavy atom. The van der Waals surface area contributed by atoms with E-state index in [1.807, 2.05) is 0 Å². The van der Waals surface area contributed by atoms with E-state index in [-0.39, 0.29) is 27.3 Å². The molecule has 0 unspecified atom stereocenters. The highest BCUT2D eigenvalue weighted by molar-refractivity contribution is 6.04. The van der Waals surface area contributed by atoms with Gasteiger partial charge in [-0.1, -0.05) is 6.92 Å². The standard InChI is InChI=1S/C21H14F5N5O/c1-10-19(31(20(10)32)13-2-3-16-17(6-13)28-9-27-16)18-14(22)4-11(5-15(18)23)12-7-29-30(8-12)21(24,25)26/h2-10,19H,1H3,(H,27,28)/t10-,19-/m0/s1. The number of aromatic nitrogens is 4. The zero-order valence-electron chi connectivity index (χ0n) is 16.4. The van der Waals surface area contributed by atoms with Crippen LogP contribution >= 0.6 is 0 Å². The molecule has 2 aromatic heterocycles. The molecule has 4 aromatic rings. The van der Waals surface area contributed by atoms with Crippen LogP contribution in [0.3, 0.4) is 0 Å². The molecule has 2 aromatic carbocycles. The van der Waals surface area contributed by atoms with Gasteiger partial charge in [-0.25, -0.2) is 13.8 Å². The fourth-order valence-corrected chi connectivity index (χ4v) is 4.01. The second-order valence-electron chi connectivity index (χ2n) is 7.54. The molecule has 1 N–H and O–H groups in total. The van der Waals surface area contributed by atoms with Gasteiger partial charge in [-0.3, -0.25) is 4.79 Å². The van der Waals surface area contributed by atoms with Gasteiger partial charge in [0.05, 0.1) is 35.5 Å². The Kier molecular flexibility index (Phi) is 4.33. The van der Waals surface area contributed by atoms with Gasteiger partial charge in [0, 0.05) is 23.0 Å². The summed E-state index contributed by atoms with van der Waals surface area (Å²) in [6.45, 7) is 1.57. The number of alkyl halides is 3. The van der Waals surface area contributed by atoms with Gasteiger partial charge in [-0.05, 0) is 35.9 Å². The first-order valence-corrected chi connectivity index (χ1v) is 9.52. The molecule has 1 aliphatic heterocycles. The average molecular weight is 447 g/mol. The molecule has 0 radical (unpaired) electrons. The van der Waals surface area contributed by atoms with Crippen LogP contribution in [0.1, 0.15) is 18.5 Å². The summed E-state index contributed by atoms with van der Waals surface area (Å²) in [5.41, 5.74) is 1.25. The summed E-state index contributed by atoms with van der Waals surface area (Å²) >= 11 is 0. The van der Waals surface area contributed by atoms with Crippen LogP contribution in [0.2, 0.25) is 0 Å². The Morgan fingerprint density at radius 2 is 1.78 bits per heavy atom. The van der Waals surface area contributed by atoms with Crippen LogP contribution in [0.15, 0.2) is 49.1 Å². The molecule has 0 spiro atoms. The van der Waals surface area contributed by atoms with Crippen LogP contribution in [-0.2, 0) is 11.1 Å². The lowest BCUT2D eigenvalue weighted by molar-refractivity contribution is -0.212. The number of nitrogens with zero attached hydrogens (tertiary/aromatic N) is 4. The second-order valence-corrected chi connectivity index (χ2v) is 7.54. The van der Waals surface area contributed by atoms with Crippen molar-refractivity contribution in [2.24, 2.45) is 5.92 Å². The molecule has 164 valence electrons. The zero-order valence-corrected chi connectivity index (χ0v) is 16.4. The third kappa shape index (κ3) is 3.03. The minimum absolute atomic E-state index is 0.0924. The van der Waals surface area contributed by atoms with Gasteiger partial charge in [0.15, 0.2) is 0 Å². The van der Waals surface area contributed by atoms with Crippen LogP contribution in [0.25, 0.3) is 22.2 Å². The summed E-state index contributed by atoms with van der Waals surface area (Å²) in [4.78, 5) is 20.9. The lowest BCUT2D eigenvalue weighted by atomic mass is 9.82. The number of hydrogen-bond acceptors (Lipinski definition) is 3. The van der Waals surface area contributed by atoms with Gasteiger partial charge < -0.3 is 9.88 Å². The van der Waals surface area contributed by atoms with Crippen LogP contribution in [-0.4, -0.2) is 25.7 Å². The van der Waals surface area contributed by atoms with Gasteiger partial charge in [-0.2, -0.15) is 9.78 Å². The van der Waals surface area contributed by atoms with Crippen molar-refractivity contribution >= 4 is 22.6 Å². The number of aromatic amines is 1. The van der Waals surface area contributed by atoms with Gasteiger partial charge in [-0.15, -0.1) is 13.2 Å². The summed E-state index contributed by atoms with van der Waals surface area (Å²) in [6.07, 6.45) is -1.73. The molecule has 0 aliphatic carbocycles. The number of carbonyl (C=O) groups is 1. The van der Waals surface area contributed by atoms with Crippen molar-refractivity contribution in [2.75, 3.05) is 4.90 Å². The predicted molar refractivity (Wildman–Crippen MR) is 104 cm³/mol. The monoisotopic (exact) mass is 447 g/mol. The van der Waals surface area contributed by atoms with E-state index in [1.54, 1.807) is 25.1 Å². The van der Waals surface area contributed by atoms with E-state index in [9.17, 15) is 18.0 Å². The van der Waals surface area contributed by atoms with Crippen LogP contribution in [0, 0.1) is 17.6 Å². The number of fused-ring (bicyclic) bond motifs is 1. The third-order valence-electron chi connectivity index (χ3n) is 5.61. The summed E-state index contributed by atoms with van der Waals surface area (Å²) in [6, 6.07) is 5.97. The lowest BCUT2D eigenvalue weighted by Gasteiger charge is -2.46. The van der Waals surface area contributed by atoms with Gasteiger partial charge >= 0.3 is 6.30 Å². The third-order valence-corrected chi connectivity index (χ3v) is 5.61. The van der Waals surface area contributed by atoms with Crippen molar-refractivity contribution in [1.29, 1.82) is 0 Å². The molecule has 32 heavy (non-hydrogen) atoms. The molecule has 2 atom stereocenters. The first-order chi connectivity index (χ1) is 15.1. The molecule has 1 fully saturated rings. The number of hydrogen-bond donors (Lipinski definition) is 1. The van der Waals surface area contributed by atoms with Crippen LogP contribution in [0.5, 0.6) is 0 Å². The summed E-state index contributed by atoms with van der Waals surface area (Å²) in [5.74, 6) is -2.92. The molecule has 1 amide bonds. The molecule has 5 rings (SSSR count).